The highest BCUT2D eigenvalue weighted by molar-refractivity contribution is 5.88. The van der Waals surface area contributed by atoms with E-state index in [4.69, 9.17) is 0 Å². The van der Waals surface area contributed by atoms with Gasteiger partial charge in [0.25, 0.3) is 0 Å². The highest BCUT2D eigenvalue weighted by Crippen LogP contribution is 2.07. The molecule has 94 valence electrons. The minimum absolute atomic E-state index is 0.0228. The van der Waals surface area contributed by atoms with Crippen molar-refractivity contribution >= 4 is 17.9 Å². The number of hydrogen-bond acceptors (Lipinski definition) is 4. The van der Waals surface area contributed by atoms with Crippen molar-refractivity contribution in [3.05, 3.63) is 0 Å². The Labute approximate surface area is 98.7 Å². The highest BCUT2D eigenvalue weighted by Gasteiger charge is 2.33. The molecule has 2 aliphatic heterocycles. The first kappa shape index (κ1) is 11.7. The van der Waals surface area contributed by atoms with Crippen molar-refractivity contribution in [1.82, 2.24) is 15.1 Å². The van der Waals surface area contributed by atoms with Gasteiger partial charge in [0.1, 0.15) is 12.6 Å². The standard InChI is InChI=1S/C10H15N3O4/c1-7(14)12-2-4-13(5-3-12)9(15)8-6-17-10(16)11-8/h8H,2-6H2,1H3,(H,11,16). The largest absolute Gasteiger partial charge is 0.447 e. The van der Waals surface area contributed by atoms with Crippen LogP contribution in [0.5, 0.6) is 0 Å². The van der Waals surface area contributed by atoms with Crippen molar-refractivity contribution < 1.29 is 19.1 Å². The minimum Gasteiger partial charge on any atom is -0.447 e. The summed E-state index contributed by atoms with van der Waals surface area (Å²) in [6.07, 6.45) is -0.550. The molecule has 7 heteroatoms. The van der Waals surface area contributed by atoms with Crippen LogP contribution in [0.1, 0.15) is 6.92 Å². The van der Waals surface area contributed by atoms with Gasteiger partial charge in [0.15, 0.2) is 0 Å². The zero-order valence-corrected chi connectivity index (χ0v) is 9.64. The Bertz CT molecular complexity index is 349. The van der Waals surface area contributed by atoms with E-state index < -0.39 is 12.1 Å². The van der Waals surface area contributed by atoms with E-state index in [1.165, 1.54) is 6.92 Å². The number of hydrogen-bond donors (Lipinski definition) is 1. The van der Waals surface area contributed by atoms with Gasteiger partial charge in [-0.1, -0.05) is 0 Å². The summed E-state index contributed by atoms with van der Waals surface area (Å²) in [5.41, 5.74) is 0. The van der Waals surface area contributed by atoms with Gasteiger partial charge in [0, 0.05) is 33.1 Å². The molecule has 2 aliphatic rings. The third kappa shape index (κ3) is 2.48. The fourth-order valence-electron chi connectivity index (χ4n) is 1.98. The SMILES string of the molecule is CC(=O)N1CCN(C(=O)C2COC(=O)N2)CC1. The van der Waals surface area contributed by atoms with E-state index in [0.717, 1.165) is 0 Å². The molecule has 0 aromatic rings. The second kappa shape index (κ2) is 4.60. The first-order chi connectivity index (χ1) is 8.08. The van der Waals surface area contributed by atoms with Gasteiger partial charge >= 0.3 is 6.09 Å². The van der Waals surface area contributed by atoms with Crippen molar-refractivity contribution in [1.29, 1.82) is 0 Å². The van der Waals surface area contributed by atoms with Crippen LogP contribution in [0.3, 0.4) is 0 Å². The average molecular weight is 241 g/mol. The summed E-state index contributed by atoms with van der Waals surface area (Å²) >= 11 is 0. The summed E-state index contributed by atoms with van der Waals surface area (Å²) in [6, 6.07) is -0.577. The molecule has 0 aromatic heterocycles. The van der Waals surface area contributed by atoms with Crippen LogP contribution in [0.2, 0.25) is 0 Å². The van der Waals surface area contributed by atoms with Gasteiger partial charge in [-0.25, -0.2) is 4.79 Å². The number of cyclic esters (lactones) is 1. The van der Waals surface area contributed by atoms with Crippen molar-refractivity contribution in [2.24, 2.45) is 0 Å². The summed E-state index contributed by atoms with van der Waals surface area (Å²) < 4.78 is 4.67. The third-order valence-corrected chi connectivity index (χ3v) is 3.01. The Morgan fingerprint density at radius 3 is 2.29 bits per heavy atom. The number of carbonyl (C=O) groups excluding carboxylic acids is 3. The lowest BCUT2D eigenvalue weighted by molar-refractivity contribution is -0.139. The maximum absolute atomic E-state index is 12.0. The summed E-state index contributed by atoms with van der Waals surface area (Å²) in [5.74, 6) is -0.117. The van der Waals surface area contributed by atoms with Gasteiger partial charge in [-0.2, -0.15) is 0 Å². The van der Waals surface area contributed by atoms with E-state index in [2.05, 4.69) is 10.1 Å². The summed E-state index contributed by atoms with van der Waals surface area (Å²) in [4.78, 5) is 37.2. The van der Waals surface area contributed by atoms with Crippen LogP contribution in [0.4, 0.5) is 4.79 Å². The van der Waals surface area contributed by atoms with Gasteiger partial charge in [-0.15, -0.1) is 0 Å². The van der Waals surface area contributed by atoms with Crippen LogP contribution >= 0.6 is 0 Å². The summed E-state index contributed by atoms with van der Waals surface area (Å²) in [5, 5.41) is 2.45. The molecule has 2 fully saturated rings. The fourth-order valence-corrected chi connectivity index (χ4v) is 1.98. The van der Waals surface area contributed by atoms with Crippen molar-refractivity contribution in [2.45, 2.75) is 13.0 Å². The van der Waals surface area contributed by atoms with Gasteiger partial charge in [-0.3, -0.25) is 9.59 Å². The molecule has 2 heterocycles. The normalized spacial score (nSPS) is 24.3. The van der Waals surface area contributed by atoms with E-state index in [1.807, 2.05) is 0 Å². The van der Waals surface area contributed by atoms with E-state index in [0.29, 0.717) is 26.2 Å². The Kier molecular flexibility index (Phi) is 3.16. The fraction of sp³-hybridized carbons (Fsp3) is 0.700. The van der Waals surface area contributed by atoms with Crippen molar-refractivity contribution in [3.8, 4) is 0 Å². The highest BCUT2D eigenvalue weighted by atomic mass is 16.6. The van der Waals surface area contributed by atoms with Crippen LogP contribution in [-0.2, 0) is 14.3 Å². The van der Waals surface area contributed by atoms with Crippen molar-refractivity contribution in [3.63, 3.8) is 0 Å². The Balaban J connectivity index is 1.86. The third-order valence-electron chi connectivity index (χ3n) is 3.01. The molecule has 2 saturated heterocycles. The first-order valence-corrected chi connectivity index (χ1v) is 5.55. The molecule has 1 atom stereocenters. The zero-order valence-electron chi connectivity index (χ0n) is 9.64. The maximum atomic E-state index is 12.0. The smallest absolute Gasteiger partial charge is 0.407 e. The Morgan fingerprint density at radius 2 is 1.82 bits per heavy atom. The number of ether oxygens (including phenoxy) is 1. The predicted molar refractivity (Wildman–Crippen MR) is 57.1 cm³/mol. The maximum Gasteiger partial charge on any atom is 0.407 e. The van der Waals surface area contributed by atoms with Gasteiger partial charge in [0.2, 0.25) is 11.8 Å². The molecular formula is C10H15N3O4. The molecule has 17 heavy (non-hydrogen) atoms. The number of alkyl carbamates (subject to hydrolysis) is 1. The predicted octanol–water partition coefficient (Wildman–Crippen LogP) is -1.21. The second-order valence-corrected chi connectivity index (χ2v) is 4.13. The zero-order chi connectivity index (χ0) is 12.4. The number of piperazine rings is 1. The number of nitrogens with zero attached hydrogens (tertiary/aromatic N) is 2. The molecule has 0 aliphatic carbocycles. The molecular weight excluding hydrogens is 226 g/mol. The van der Waals surface area contributed by atoms with Gasteiger partial charge < -0.3 is 19.9 Å². The number of carbonyl (C=O) groups is 3. The minimum atomic E-state index is -0.577. The molecule has 2 rings (SSSR count). The van der Waals surface area contributed by atoms with E-state index in [-0.39, 0.29) is 18.4 Å². The molecule has 0 bridgehead atoms. The van der Waals surface area contributed by atoms with Gasteiger partial charge in [0.05, 0.1) is 0 Å². The molecule has 0 aromatic carbocycles. The topological polar surface area (TPSA) is 79.0 Å². The second-order valence-electron chi connectivity index (χ2n) is 4.13. The quantitative estimate of drug-likeness (QED) is 0.624. The van der Waals surface area contributed by atoms with E-state index in [1.54, 1.807) is 9.80 Å². The Hall–Kier alpha value is -1.79. The lowest BCUT2D eigenvalue weighted by Gasteiger charge is -2.35. The molecule has 3 amide bonds. The number of nitrogens with one attached hydrogen (secondary N) is 1. The molecule has 0 spiro atoms. The Morgan fingerprint density at radius 1 is 1.24 bits per heavy atom. The molecule has 7 nitrogen and oxygen atoms in total. The molecule has 1 unspecified atom stereocenters. The monoisotopic (exact) mass is 241 g/mol. The number of rotatable bonds is 1. The summed E-state index contributed by atoms with van der Waals surface area (Å²) in [7, 11) is 0. The van der Waals surface area contributed by atoms with E-state index in [9.17, 15) is 14.4 Å². The van der Waals surface area contributed by atoms with Crippen LogP contribution < -0.4 is 5.32 Å². The molecule has 1 N–H and O–H groups in total. The van der Waals surface area contributed by atoms with Crippen LogP contribution in [0.15, 0.2) is 0 Å². The van der Waals surface area contributed by atoms with Crippen LogP contribution in [0.25, 0.3) is 0 Å². The van der Waals surface area contributed by atoms with Crippen LogP contribution in [-0.4, -0.2) is 66.5 Å². The van der Waals surface area contributed by atoms with Gasteiger partial charge in [-0.05, 0) is 0 Å². The van der Waals surface area contributed by atoms with E-state index >= 15 is 0 Å². The van der Waals surface area contributed by atoms with Crippen molar-refractivity contribution in [2.75, 3.05) is 32.8 Å². The first-order valence-electron chi connectivity index (χ1n) is 5.55. The summed E-state index contributed by atoms with van der Waals surface area (Å²) in [6.45, 7) is 3.70. The lowest BCUT2D eigenvalue weighted by atomic mass is 10.2. The lowest BCUT2D eigenvalue weighted by Crippen LogP contribution is -2.54. The number of amides is 3. The van der Waals surface area contributed by atoms with Crippen LogP contribution in [0, 0.1) is 0 Å². The molecule has 0 radical (unpaired) electrons. The molecule has 0 saturated carbocycles. The average Bonchev–Trinajstić information content (AvgIpc) is 2.75.